The van der Waals surface area contributed by atoms with Gasteiger partial charge in [0.1, 0.15) is 0 Å². The second kappa shape index (κ2) is 6.65. The number of rotatable bonds is 4. The Bertz CT molecular complexity index is 1100. The maximum Gasteiger partial charge on any atom is 0.340 e. The molecule has 0 aliphatic carbocycles. The molecule has 0 atom stereocenters. The van der Waals surface area contributed by atoms with Crippen molar-refractivity contribution in [1.82, 2.24) is 14.7 Å². The summed E-state index contributed by atoms with van der Waals surface area (Å²) in [5.74, 6) is 0.117. The van der Waals surface area contributed by atoms with E-state index in [-0.39, 0.29) is 18.3 Å². The highest BCUT2D eigenvalue weighted by molar-refractivity contribution is 6.33. The standard InChI is InChI=1S/C19H14ClN3O3/c1-23-10-14(12-6-3-5-9-16(12)23)19(24)25-11-17-21-18(26-22-17)13-7-2-4-8-15(13)20/h2-10H,11H2,1H3. The molecule has 4 rings (SSSR count). The molecule has 2 aromatic heterocycles. The molecule has 0 amide bonds. The third-order valence-electron chi connectivity index (χ3n) is 4.02. The van der Waals surface area contributed by atoms with E-state index in [1.165, 1.54) is 0 Å². The number of ether oxygens (including phenoxy) is 1. The summed E-state index contributed by atoms with van der Waals surface area (Å²) in [6.07, 6.45) is 1.75. The number of carbonyl (C=O) groups is 1. The van der Waals surface area contributed by atoms with Gasteiger partial charge in [-0.05, 0) is 18.2 Å². The van der Waals surface area contributed by atoms with Gasteiger partial charge < -0.3 is 13.8 Å². The van der Waals surface area contributed by atoms with Crippen molar-refractivity contribution >= 4 is 28.5 Å². The third-order valence-corrected chi connectivity index (χ3v) is 4.35. The lowest BCUT2D eigenvalue weighted by Gasteiger charge is -2.00. The molecular formula is C19H14ClN3O3. The van der Waals surface area contributed by atoms with Crippen molar-refractivity contribution in [2.75, 3.05) is 0 Å². The monoisotopic (exact) mass is 367 g/mol. The molecule has 0 fully saturated rings. The minimum absolute atomic E-state index is 0.0873. The van der Waals surface area contributed by atoms with Gasteiger partial charge in [0.25, 0.3) is 5.89 Å². The van der Waals surface area contributed by atoms with Crippen molar-refractivity contribution in [3.8, 4) is 11.5 Å². The lowest BCUT2D eigenvalue weighted by atomic mass is 10.2. The van der Waals surface area contributed by atoms with Crippen molar-refractivity contribution in [3.63, 3.8) is 0 Å². The Labute approximate surface area is 154 Å². The molecule has 0 saturated heterocycles. The van der Waals surface area contributed by atoms with E-state index >= 15 is 0 Å². The second-order valence-electron chi connectivity index (χ2n) is 5.74. The van der Waals surface area contributed by atoms with Gasteiger partial charge in [0, 0.05) is 24.1 Å². The van der Waals surface area contributed by atoms with Crippen LogP contribution < -0.4 is 0 Å². The predicted octanol–water partition coefficient (Wildman–Crippen LogP) is 4.24. The number of nitrogens with zero attached hydrogens (tertiary/aromatic N) is 3. The lowest BCUT2D eigenvalue weighted by Crippen LogP contribution is -2.05. The highest BCUT2D eigenvalue weighted by atomic mass is 35.5. The van der Waals surface area contributed by atoms with Crippen molar-refractivity contribution in [2.45, 2.75) is 6.61 Å². The van der Waals surface area contributed by atoms with Gasteiger partial charge in [-0.2, -0.15) is 4.98 Å². The zero-order valence-corrected chi connectivity index (χ0v) is 14.6. The Hall–Kier alpha value is -3.12. The molecule has 0 aliphatic heterocycles. The summed E-state index contributed by atoms with van der Waals surface area (Å²) in [5, 5.41) is 5.19. The first-order valence-electron chi connectivity index (χ1n) is 7.92. The predicted molar refractivity (Wildman–Crippen MR) is 96.8 cm³/mol. The summed E-state index contributed by atoms with van der Waals surface area (Å²) in [6, 6.07) is 14.8. The summed E-state index contributed by atoms with van der Waals surface area (Å²) >= 11 is 6.12. The van der Waals surface area contributed by atoms with E-state index in [9.17, 15) is 4.79 Å². The Morgan fingerprint density at radius 2 is 1.96 bits per heavy atom. The van der Waals surface area contributed by atoms with Crippen molar-refractivity contribution in [3.05, 3.63) is 71.1 Å². The molecule has 6 nitrogen and oxygen atoms in total. The SMILES string of the molecule is Cn1cc(C(=O)OCc2noc(-c3ccccc3Cl)n2)c2ccccc21. The van der Waals surface area contributed by atoms with Gasteiger partial charge >= 0.3 is 5.97 Å². The zero-order valence-electron chi connectivity index (χ0n) is 13.8. The Morgan fingerprint density at radius 3 is 2.81 bits per heavy atom. The van der Waals surface area contributed by atoms with Crippen LogP contribution in [0.25, 0.3) is 22.4 Å². The maximum atomic E-state index is 12.4. The first kappa shape index (κ1) is 16.4. The number of hydrogen-bond donors (Lipinski definition) is 0. The van der Waals surface area contributed by atoms with Crippen LogP contribution in [0.1, 0.15) is 16.2 Å². The maximum absolute atomic E-state index is 12.4. The summed E-state index contributed by atoms with van der Waals surface area (Å²) in [4.78, 5) is 16.7. The van der Waals surface area contributed by atoms with Gasteiger partial charge in [0.2, 0.25) is 5.82 Å². The molecule has 130 valence electrons. The number of fused-ring (bicyclic) bond motifs is 1. The Balaban J connectivity index is 1.51. The average molecular weight is 368 g/mol. The average Bonchev–Trinajstić information content (AvgIpc) is 3.25. The fraction of sp³-hybridized carbons (Fsp3) is 0.105. The van der Waals surface area contributed by atoms with Crippen molar-refractivity contribution in [2.24, 2.45) is 7.05 Å². The summed E-state index contributed by atoms with van der Waals surface area (Å²) in [5.41, 5.74) is 2.09. The molecular weight excluding hydrogens is 354 g/mol. The van der Waals surface area contributed by atoms with Gasteiger partial charge in [0.15, 0.2) is 6.61 Å². The summed E-state index contributed by atoms with van der Waals surface area (Å²) in [7, 11) is 1.88. The van der Waals surface area contributed by atoms with Crippen LogP contribution in [0.3, 0.4) is 0 Å². The van der Waals surface area contributed by atoms with Gasteiger partial charge in [-0.15, -0.1) is 0 Å². The van der Waals surface area contributed by atoms with E-state index in [1.54, 1.807) is 18.3 Å². The molecule has 0 saturated carbocycles. The first-order valence-corrected chi connectivity index (χ1v) is 8.30. The van der Waals surface area contributed by atoms with Crippen LogP contribution in [0.15, 0.2) is 59.3 Å². The topological polar surface area (TPSA) is 70.2 Å². The Kier molecular flexibility index (Phi) is 4.18. The third kappa shape index (κ3) is 2.95. The van der Waals surface area contributed by atoms with Crippen molar-refractivity contribution < 1.29 is 14.1 Å². The van der Waals surface area contributed by atoms with Crippen LogP contribution in [0.5, 0.6) is 0 Å². The van der Waals surface area contributed by atoms with Crippen LogP contribution in [-0.4, -0.2) is 20.7 Å². The molecule has 0 N–H and O–H groups in total. The fourth-order valence-corrected chi connectivity index (χ4v) is 2.99. The van der Waals surface area contributed by atoms with Gasteiger partial charge in [0.05, 0.1) is 16.1 Å². The quantitative estimate of drug-likeness (QED) is 0.504. The molecule has 0 radical (unpaired) electrons. The van der Waals surface area contributed by atoms with E-state index < -0.39 is 5.97 Å². The van der Waals surface area contributed by atoms with Gasteiger partial charge in [-0.1, -0.05) is 47.1 Å². The van der Waals surface area contributed by atoms with Gasteiger partial charge in [-0.3, -0.25) is 0 Å². The molecule has 2 heterocycles. The smallest absolute Gasteiger partial charge is 0.340 e. The normalized spacial score (nSPS) is 11.0. The minimum Gasteiger partial charge on any atom is -0.454 e. The van der Waals surface area contributed by atoms with E-state index in [1.807, 2.05) is 48.0 Å². The second-order valence-corrected chi connectivity index (χ2v) is 6.15. The highest BCUT2D eigenvalue weighted by Gasteiger charge is 2.17. The Morgan fingerprint density at radius 1 is 1.19 bits per heavy atom. The van der Waals surface area contributed by atoms with E-state index in [2.05, 4.69) is 10.1 Å². The summed E-state index contributed by atoms with van der Waals surface area (Å²) < 4.78 is 12.4. The molecule has 2 aromatic carbocycles. The number of hydrogen-bond acceptors (Lipinski definition) is 5. The highest BCUT2D eigenvalue weighted by Crippen LogP contribution is 2.26. The molecule has 0 bridgehead atoms. The number of carbonyl (C=O) groups excluding carboxylic acids is 1. The fourth-order valence-electron chi connectivity index (χ4n) is 2.77. The number of halogens is 1. The van der Waals surface area contributed by atoms with Crippen LogP contribution >= 0.6 is 11.6 Å². The number of aryl methyl sites for hydroxylation is 1. The largest absolute Gasteiger partial charge is 0.454 e. The molecule has 0 spiro atoms. The van der Waals surface area contributed by atoms with Crippen molar-refractivity contribution in [1.29, 1.82) is 0 Å². The van der Waals surface area contributed by atoms with Gasteiger partial charge in [-0.25, -0.2) is 4.79 Å². The number of esters is 1. The van der Waals surface area contributed by atoms with Crippen LogP contribution in [0.4, 0.5) is 0 Å². The zero-order chi connectivity index (χ0) is 18.1. The van der Waals surface area contributed by atoms with Crippen LogP contribution in [0.2, 0.25) is 5.02 Å². The molecule has 26 heavy (non-hydrogen) atoms. The molecule has 0 unspecified atom stereocenters. The number of aromatic nitrogens is 3. The molecule has 7 heteroatoms. The van der Waals surface area contributed by atoms with Crippen LogP contribution in [-0.2, 0) is 18.4 Å². The van der Waals surface area contributed by atoms with E-state index in [0.717, 1.165) is 10.9 Å². The van der Waals surface area contributed by atoms with Crippen LogP contribution in [0, 0.1) is 0 Å². The lowest BCUT2D eigenvalue weighted by molar-refractivity contribution is 0.0462. The van der Waals surface area contributed by atoms with E-state index in [4.69, 9.17) is 20.9 Å². The van der Waals surface area contributed by atoms with E-state index in [0.29, 0.717) is 16.1 Å². The molecule has 0 aliphatic rings. The minimum atomic E-state index is -0.439. The number of para-hydroxylation sites is 1. The molecule has 4 aromatic rings. The summed E-state index contributed by atoms with van der Waals surface area (Å²) in [6.45, 7) is -0.0873. The first-order chi connectivity index (χ1) is 12.6. The number of benzene rings is 2.